The molecule has 0 spiro atoms. The lowest BCUT2D eigenvalue weighted by atomic mass is 10.1. The average Bonchev–Trinajstić information content (AvgIpc) is 2.67. The third-order valence-electron chi connectivity index (χ3n) is 3.89. The highest BCUT2D eigenvalue weighted by Gasteiger charge is 2.22. The number of halogens is 1. The Labute approximate surface area is 160 Å². The molecule has 0 aliphatic carbocycles. The third kappa shape index (κ3) is 5.50. The quantitative estimate of drug-likeness (QED) is 0.421. The van der Waals surface area contributed by atoms with Crippen molar-refractivity contribution < 1.29 is 28.4 Å². The second-order valence-corrected chi connectivity index (χ2v) is 5.85. The van der Waals surface area contributed by atoms with E-state index < -0.39 is 28.7 Å². The summed E-state index contributed by atoms with van der Waals surface area (Å²) in [5.74, 6) is -1.58. The van der Waals surface area contributed by atoms with Crippen LogP contribution < -0.4 is 10.1 Å². The molecule has 2 rings (SSSR count). The Bertz CT molecular complexity index is 886. The van der Waals surface area contributed by atoms with Gasteiger partial charge in [-0.3, -0.25) is 19.7 Å². The summed E-state index contributed by atoms with van der Waals surface area (Å²) in [6.07, 6.45) is -1.17. The van der Waals surface area contributed by atoms with Crippen molar-refractivity contribution in [2.75, 3.05) is 12.4 Å². The molecule has 0 fully saturated rings. The van der Waals surface area contributed by atoms with Crippen molar-refractivity contribution in [2.24, 2.45) is 0 Å². The number of amides is 1. The van der Waals surface area contributed by atoms with E-state index in [4.69, 9.17) is 9.47 Å². The Kier molecular flexibility index (Phi) is 7.02. The van der Waals surface area contributed by atoms with Crippen LogP contribution in [0.3, 0.4) is 0 Å². The second kappa shape index (κ2) is 9.45. The summed E-state index contributed by atoms with van der Waals surface area (Å²) >= 11 is 0. The van der Waals surface area contributed by atoms with Crippen LogP contribution in [-0.4, -0.2) is 30.0 Å². The number of benzene rings is 2. The number of nitro groups is 1. The number of nitro benzene ring substituents is 1. The number of anilines is 1. The van der Waals surface area contributed by atoms with Gasteiger partial charge in [-0.05, 0) is 37.1 Å². The van der Waals surface area contributed by atoms with Crippen LogP contribution in [0, 0.1) is 15.9 Å². The van der Waals surface area contributed by atoms with Gasteiger partial charge < -0.3 is 14.8 Å². The first-order valence-corrected chi connectivity index (χ1v) is 8.38. The lowest BCUT2D eigenvalue weighted by molar-refractivity contribution is -0.384. The molecule has 148 valence electrons. The molecule has 28 heavy (non-hydrogen) atoms. The Hall–Kier alpha value is -3.49. The number of hydrogen-bond acceptors (Lipinski definition) is 6. The Balaban J connectivity index is 1.95. The van der Waals surface area contributed by atoms with Gasteiger partial charge in [0, 0.05) is 6.42 Å². The van der Waals surface area contributed by atoms with E-state index in [1.54, 1.807) is 18.2 Å². The van der Waals surface area contributed by atoms with Crippen LogP contribution in [0.15, 0.2) is 42.5 Å². The molecule has 2 aromatic rings. The van der Waals surface area contributed by atoms with Gasteiger partial charge in [-0.1, -0.05) is 18.2 Å². The minimum atomic E-state index is -1.19. The highest BCUT2D eigenvalue weighted by atomic mass is 19.1. The second-order valence-electron chi connectivity index (χ2n) is 5.85. The number of methoxy groups -OCH3 is 1. The lowest BCUT2D eigenvalue weighted by Crippen LogP contribution is -2.30. The fraction of sp³-hybridized carbons (Fsp3) is 0.263. The number of carbonyl (C=O) groups is 2. The van der Waals surface area contributed by atoms with E-state index in [0.29, 0.717) is 5.56 Å². The Morgan fingerprint density at radius 1 is 1.25 bits per heavy atom. The van der Waals surface area contributed by atoms with Gasteiger partial charge in [0.2, 0.25) is 0 Å². The van der Waals surface area contributed by atoms with Crippen molar-refractivity contribution in [2.45, 2.75) is 25.9 Å². The summed E-state index contributed by atoms with van der Waals surface area (Å²) in [6, 6.07) is 9.99. The van der Waals surface area contributed by atoms with Gasteiger partial charge in [-0.25, -0.2) is 4.39 Å². The normalized spacial score (nSPS) is 11.4. The maximum absolute atomic E-state index is 13.6. The van der Waals surface area contributed by atoms with Gasteiger partial charge in [0.05, 0.1) is 18.1 Å². The van der Waals surface area contributed by atoms with E-state index in [9.17, 15) is 24.1 Å². The average molecular weight is 390 g/mol. The molecule has 0 saturated heterocycles. The number of ether oxygens (including phenoxy) is 2. The van der Waals surface area contributed by atoms with E-state index in [0.717, 1.165) is 0 Å². The number of nitrogens with one attached hydrogen (secondary N) is 1. The van der Waals surface area contributed by atoms with Crippen LogP contribution in [0.1, 0.15) is 18.9 Å². The van der Waals surface area contributed by atoms with Crippen LogP contribution in [0.2, 0.25) is 0 Å². The number of rotatable bonds is 8. The lowest BCUT2D eigenvalue weighted by Gasteiger charge is -2.14. The van der Waals surface area contributed by atoms with E-state index in [-0.39, 0.29) is 30.0 Å². The van der Waals surface area contributed by atoms with E-state index in [1.807, 2.05) is 0 Å². The summed E-state index contributed by atoms with van der Waals surface area (Å²) in [4.78, 5) is 34.6. The summed E-state index contributed by atoms with van der Waals surface area (Å²) in [7, 11) is 1.36. The molecule has 0 aromatic heterocycles. The monoisotopic (exact) mass is 390 g/mol. The minimum absolute atomic E-state index is 0.0509. The Morgan fingerprint density at radius 3 is 2.61 bits per heavy atom. The maximum atomic E-state index is 13.6. The van der Waals surface area contributed by atoms with Crippen molar-refractivity contribution in [3.63, 3.8) is 0 Å². The van der Waals surface area contributed by atoms with Crippen LogP contribution in [0.4, 0.5) is 15.8 Å². The molecule has 1 N–H and O–H groups in total. The molecule has 8 nitrogen and oxygen atoms in total. The number of esters is 1. The smallest absolute Gasteiger partial charge is 0.306 e. The summed E-state index contributed by atoms with van der Waals surface area (Å²) in [5, 5.41) is 13.5. The summed E-state index contributed by atoms with van der Waals surface area (Å²) in [6.45, 7) is 1.34. The highest BCUT2D eigenvalue weighted by Crippen LogP contribution is 2.29. The molecule has 0 bridgehead atoms. The van der Waals surface area contributed by atoms with E-state index in [1.165, 1.54) is 38.3 Å². The van der Waals surface area contributed by atoms with Crippen LogP contribution in [0.25, 0.3) is 0 Å². The Morgan fingerprint density at radius 2 is 1.96 bits per heavy atom. The summed E-state index contributed by atoms with van der Waals surface area (Å²) in [5.41, 5.74) is -0.0405. The van der Waals surface area contributed by atoms with E-state index in [2.05, 4.69) is 5.32 Å². The molecular weight excluding hydrogens is 371 g/mol. The standard InChI is InChI=1S/C19H19FN2O6/c1-12(28-18(23)10-7-13-5-3-4-6-15(13)20)19(24)21-16-9-8-14(27-2)11-17(16)22(25)26/h3-6,8-9,11-12H,7,10H2,1-2H3,(H,21,24)/t12-/m1/s1. The largest absolute Gasteiger partial charge is 0.496 e. The molecule has 1 atom stereocenters. The fourth-order valence-electron chi connectivity index (χ4n) is 2.38. The maximum Gasteiger partial charge on any atom is 0.306 e. The minimum Gasteiger partial charge on any atom is -0.496 e. The van der Waals surface area contributed by atoms with Crippen LogP contribution in [-0.2, 0) is 20.7 Å². The predicted molar refractivity (Wildman–Crippen MR) is 98.6 cm³/mol. The molecule has 9 heteroatoms. The first kappa shape index (κ1) is 20.8. The van der Waals surface area contributed by atoms with Crippen molar-refractivity contribution in [3.8, 4) is 5.75 Å². The molecule has 0 saturated carbocycles. The third-order valence-corrected chi connectivity index (χ3v) is 3.89. The van der Waals surface area contributed by atoms with Gasteiger partial charge in [0.15, 0.2) is 6.10 Å². The molecule has 0 radical (unpaired) electrons. The zero-order valence-electron chi connectivity index (χ0n) is 15.3. The number of aryl methyl sites for hydroxylation is 1. The SMILES string of the molecule is COc1ccc(NC(=O)[C@@H](C)OC(=O)CCc2ccccc2F)c([N+](=O)[O-])c1. The molecule has 1 amide bonds. The fourth-order valence-corrected chi connectivity index (χ4v) is 2.38. The van der Waals surface area contributed by atoms with Gasteiger partial charge in [-0.15, -0.1) is 0 Å². The topological polar surface area (TPSA) is 108 Å². The molecule has 0 aliphatic rings. The van der Waals surface area contributed by atoms with Crippen molar-refractivity contribution in [1.29, 1.82) is 0 Å². The molecule has 0 unspecified atom stereocenters. The van der Waals surface area contributed by atoms with Crippen LogP contribution >= 0.6 is 0 Å². The first-order valence-electron chi connectivity index (χ1n) is 8.38. The van der Waals surface area contributed by atoms with Gasteiger partial charge in [0.25, 0.3) is 11.6 Å². The van der Waals surface area contributed by atoms with Gasteiger partial charge >= 0.3 is 5.97 Å². The van der Waals surface area contributed by atoms with Gasteiger partial charge in [-0.2, -0.15) is 0 Å². The summed E-state index contributed by atoms with van der Waals surface area (Å²) < 4.78 is 23.5. The molecular formula is C19H19FN2O6. The number of nitrogens with zero attached hydrogens (tertiary/aromatic N) is 1. The van der Waals surface area contributed by atoms with E-state index >= 15 is 0 Å². The van der Waals surface area contributed by atoms with Crippen molar-refractivity contribution in [1.82, 2.24) is 0 Å². The molecule has 0 heterocycles. The first-order chi connectivity index (χ1) is 13.3. The number of carbonyl (C=O) groups excluding carboxylic acids is 2. The van der Waals surface area contributed by atoms with Crippen LogP contribution in [0.5, 0.6) is 5.75 Å². The van der Waals surface area contributed by atoms with Gasteiger partial charge in [0.1, 0.15) is 17.3 Å². The predicted octanol–water partition coefficient (Wildman–Crippen LogP) is 3.25. The highest BCUT2D eigenvalue weighted by molar-refractivity contribution is 5.97. The number of hydrogen-bond donors (Lipinski definition) is 1. The van der Waals surface area contributed by atoms with Crippen molar-refractivity contribution >= 4 is 23.3 Å². The zero-order chi connectivity index (χ0) is 20.7. The molecule has 0 aliphatic heterocycles. The zero-order valence-corrected chi connectivity index (χ0v) is 15.3. The van der Waals surface area contributed by atoms with Crippen molar-refractivity contribution in [3.05, 3.63) is 64.0 Å². The molecule has 2 aromatic carbocycles.